The van der Waals surface area contributed by atoms with Crippen molar-refractivity contribution < 1.29 is 0 Å². The summed E-state index contributed by atoms with van der Waals surface area (Å²) >= 11 is 0. The summed E-state index contributed by atoms with van der Waals surface area (Å²) in [7, 11) is 0. The van der Waals surface area contributed by atoms with Crippen molar-refractivity contribution in [1.29, 1.82) is 0 Å². The van der Waals surface area contributed by atoms with Crippen molar-refractivity contribution in [3.05, 3.63) is 48.3 Å². The van der Waals surface area contributed by atoms with Crippen LogP contribution in [0.1, 0.15) is 39.2 Å². The molecular weight excluding hydrogens is 270 g/mol. The van der Waals surface area contributed by atoms with E-state index in [2.05, 4.69) is 59.9 Å². The van der Waals surface area contributed by atoms with Gasteiger partial charge in [0.2, 0.25) is 0 Å². The second kappa shape index (κ2) is 6.17. The SMILES string of the molecule is CC(C)N1CCC(C)(c2ccc(-c3ncccn3)cc2)CC1. The van der Waals surface area contributed by atoms with Crippen LogP contribution >= 0.6 is 0 Å². The van der Waals surface area contributed by atoms with Crippen LogP contribution in [-0.4, -0.2) is 34.0 Å². The molecule has 2 aromatic rings. The standard InChI is InChI=1S/C19H25N3/c1-15(2)22-13-9-19(3,10-14-22)17-7-5-16(6-8-17)18-20-11-4-12-21-18/h4-8,11-12,15H,9-10,13-14H2,1-3H3. The third-order valence-electron chi connectivity index (χ3n) is 5.04. The number of piperidine rings is 1. The Bertz CT molecular complexity index is 596. The molecule has 116 valence electrons. The van der Waals surface area contributed by atoms with Gasteiger partial charge in [-0.25, -0.2) is 9.97 Å². The topological polar surface area (TPSA) is 29.0 Å². The first kappa shape index (κ1) is 15.2. The minimum atomic E-state index is 0.293. The molecule has 0 aliphatic carbocycles. The lowest BCUT2D eigenvalue weighted by molar-refractivity contribution is 0.137. The Morgan fingerprint density at radius 3 is 2.14 bits per heavy atom. The summed E-state index contributed by atoms with van der Waals surface area (Å²) in [5.74, 6) is 0.800. The summed E-state index contributed by atoms with van der Waals surface area (Å²) in [4.78, 5) is 11.2. The van der Waals surface area contributed by atoms with E-state index in [0.29, 0.717) is 11.5 Å². The van der Waals surface area contributed by atoms with Gasteiger partial charge in [-0.3, -0.25) is 0 Å². The molecule has 1 aliphatic rings. The van der Waals surface area contributed by atoms with Crippen molar-refractivity contribution in [2.45, 2.75) is 45.1 Å². The Morgan fingerprint density at radius 1 is 1.00 bits per heavy atom. The highest BCUT2D eigenvalue weighted by atomic mass is 15.1. The molecule has 0 bridgehead atoms. The lowest BCUT2D eigenvalue weighted by Gasteiger charge is -2.41. The molecule has 0 amide bonds. The molecule has 22 heavy (non-hydrogen) atoms. The third-order valence-corrected chi connectivity index (χ3v) is 5.04. The quantitative estimate of drug-likeness (QED) is 0.860. The maximum absolute atomic E-state index is 4.32. The van der Waals surface area contributed by atoms with E-state index in [0.717, 1.165) is 11.4 Å². The Balaban J connectivity index is 1.76. The fraction of sp³-hybridized carbons (Fsp3) is 0.474. The summed E-state index contributed by atoms with van der Waals surface area (Å²) in [5.41, 5.74) is 2.82. The molecule has 1 saturated heterocycles. The van der Waals surface area contributed by atoms with Gasteiger partial charge in [0.05, 0.1) is 0 Å². The zero-order valence-electron chi connectivity index (χ0n) is 13.8. The van der Waals surface area contributed by atoms with Gasteiger partial charge in [-0.1, -0.05) is 31.2 Å². The van der Waals surface area contributed by atoms with Gasteiger partial charge in [0.25, 0.3) is 0 Å². The summed E-state index contributed by atoms with van der Waals surface area (Å²) in [6.07, 6.45) is 6.04. The zero-order valence-corrected chi connectivity index (χ0v) is 13.8. The minimum Gasteiger partial charge on any atom is -0.301 e. The molecule has 1 aliphatic heterocycles. The van der Waals surface area contributed by atoms with Crippen molar-refractivity contribution >= 4 is 0 Å². The van der Waals surface area contributed by atoms with Gasteiger partial charge in [0.15, 0.2) is 5.82 Å². The number of hydrogen-bond donors (Lipinski definition) is 0. The van der Waals surface area contributed by atoms with E-state index in [1.54, 1.807) is 12.4 Å². The number of benzene rings is 1. The van der Waals surface area contributed by atoms with E-state index in [9.17, 15) is 0 Å². The maximum atomic E-state index is 4.32. The molecule has 0 radical (unpaired) electrons. The minimum absolute atomic E-state index is 0.293. The molecule has 2 heterocycles. The third kappa shape index (κ3) is 3.05. The van der Waals surface area contributed by atoms with Crippen LogP contribution in [0.5, 0.6) is 0 Å². The Labute approximate surface area is 133 Å². The number of aromatic nitrogens is 2. The molecule has 0 saturated carbocycles. The highest BCUT2D eigenvalue weighted by Crippen LogP contribution is 2.36. The molecule has 0 spiro atoms. The molecule has 0 atom stereocenters. The monoisotopic (exact) mass is 295 g/mol. The predicted molar refractivity (Wildman–Crippen MR) is 90.8 cm³/mol. The average Bonchev–Trinajstić information content (AvgIpc) is 2.56. The van der Waals surface area contributed by atoms with Crippen LogP contribution in [-0.2, 0) is 5.41 Å². The molecule has 1 aromatic carbocycles. The number of nitrogens with zero attached hydrogens (tertiary/aromatic N) is 3. The van der Waals surface area contributed by atoms with Gasteiger partial charge in [0, 0.05) is 24.0 Å². The summed E-state index contributed by atoms with van der Waals surface area (Å²) < 4.78 is 0. The van der Waals surface area contributed by atoms with E-state index < -0.39 is 0 Å². The van der Waals surface area contributed by atoms with Gasteiger partial charge in [0.1, 0.15) is 0 Å². The first-order valence-corrected chi connectivity index (χ1v) is 8.20. The fourth-order valence-corrected chi connectivity index (χ4v) is 3.29. The van der Waals surface area contributed by atoms with E-state index >= 15 is 0 Å². The van der Waals surface area contributed by atoms with Crippen LogP contribution in [0.25, 0.3) is 11.4 Å². The molecule has 1 fully saturated rings. The lowest BCUT2D eigenvalue weighted by atomic mass is 9.74. The van der Waals surface area contributed by atoms with Gasteiger partial charge < -0.3 is 4.90 Å². The fourth-order valence-electron chi connectivity index (χ4n) is 3.29. The number of likely N-dealkylation sites (tertiary alicyclic amines) is 1. The normalized spacial score (nSPS) is 18.5. The van der Waals surface area contributed by atoms with Crippen molar-refractivity contribution in [3.8, 4) is 11.4 Å². The Hall–Kier alpha value is -1.74. The van der Waals surface area contributed by atoms with Crippen LogP contribution in [0.15, 0.2) is 42.7 Å². The van der Waals surface area contributed by atoms with Crippen LogP contribution in [0, 0.1) is 0 Å². The highest BCUT2D eigenvalue weighted by molar-refractivity contribution is 5.55. The van der Waals surface area contributed by atoms with Crippen molar-refractivity contribution in [2.24, 2.45) is 0 Å². The second-order valence-corrected chi connectivity index (χ2v) is 6.84. The van der Waals surface area contributed by atoms with Crippen LogP contribution < -0.4 is 0 Å². The van der Waals surface area contributed by atoms with Crippen molar-refractivity contribution in [3.63, 3.8) is 0 Å². The molecule has 3 rings (SSSR count). The van der Waals surface area contributed by atoms with Crippen molar-refractivity contribution in [1.82, 2.24) is 14.9 Å². The van der Waals surface area contributed by atoms with Gasteiger partial charge >= 0.3 is 0 Å². The largest absolute Gasteiger partial charge is 0.301 e. The number of rotatable bonds is 3. The zero-order chi connectivity index (χ0) is 15.6. The first-order chi connectivity index (χ1) is 10.6. The van der Waals surface area contributed by atoms with E-state index in [-0.39, 0.29) is 0 Å². The average molecular weight is 295 g/mol. The van der Waals surface area contributed by atoms with Crippen LogP contribution in [0.2, 0.25) is 0 Å². The molecular formula is C19H25N3. The Kier molecular flexibility index (Phi) is 4.25. The van der Waals surface area contributed by atoms with E-state index in [1.807, 2.05) is 6.07 Å². The van der Waals surface area contributed by atoms with Crippen molar-refractivity contribution in [2.75, 3.05) is 13.1 Å². The van der Waals surface area contributed by atoms with Gasteiger partial charge in [-0.15, -0.1) is 0 Å². The molecule has 0 unspecified atom stereocenters. The van der Waals surface area contributed by atoms with Gasteiger partial charge in [-0.05, 0) is 56.8 Å². The summed E-state index contributed by atoms with van der Waals surface area (Å²) in [6, 6.07) is 11.3. The maximum Gasteiger partial charge on any atom is 0.159 e. The second-order valence-electron chi connectivity index (χ2n) is 6.84. The molecule has 1 aromatic heterocycles. The van der Waals surface area contributed by atoms with E-state index in [1.165, 1.54) is 31.5 Å². The molecule has 0 N–H and O–H groups in total. The van der Waals surface area contributed by atoms with Crippen LogP contribution in [0.4, 0.5) is 0 Å². The molecule has 3 heteroatoms. The van der Waals surface area contributed by atoms with Gasteiger partial charge in [-0.2, -0.15) is 0 Å². The Morgan fingerprint density at radius 2 is 1.59 bits per heavy atom. The summed E-state index contributed by atoms with van der Waals surface area (Å²) in [6.45, 7) is 9.36. The lowest BCUT2D eigenvalue weighted by Crippen LogP contribution is -2.43. The number of hydrogen-bond acceptors (Lipinski definition) is 3. The first-order valence-electron chi connectivity index (χ1n) is 8.20. The van der Waals surface area contributed by atoms with Crippen LogP contribution in [0.3, 0.4) is 0 Å². The summed E-state index contributed by atoms with van der Waals surface area (Å²) in [5, 5.41) is 0. The van der Waals surface area contributed by atoms with E-state index in [4.69, 9.17) is 0 Å². The smallest absolute Gasteiger partial charge is 0.159 e. The highest BCUT2D eigenvalue weighted by Gasteiger charge is 2.32. The predicted octanol–water partition coefficient (Wildman–Crippen LogP) is 3.91. The molecule has 3 nitrogen and oxygen atoms in total.